The van der Waals surface area contributed by atoms with Gasteiger partial charge in [0.15, 0.2) is 0 Å². The average Bonchev–Trinajstić information content (AvgIpc) is 2.83. The number of carbonyl (C=O) groups is 1. The SMILES string of the molecule is CCCCCCCCCCCCCCCCOC[C@H]1C[C@H](COC(=O)NCc2ccccn2)S1. The largest absolute Gasteiger partial charge is 0.448 e. The first-order valence-electron chi connectivity index (χ1n) is 13.8. The van der Waals surface area contributed by atoms with Crippen LogP contribution in [0.2, 0.25) is 0 Å². The molecular formula is C28H48N2O3S. The lowest BCUT2D eigenvalue weighted by atomic mass is 10.0. The smallest absolute Gasteiger partial charge is 0.407 e. The summed E-state index contributed by atoms with van der Waals surface area (Å²) in [6.07, 6.45) is 21.8. The Morgan fingerprint density at radius 2 is 1.50 bits per heavy atom. The zero-order valence-corrected chi connectivity index (χ0v) is 22.3. The first kappa shape index (κ1) is 29.0. The van der Waals surface area contributed by atoms with Crippen molar-refractivity contribution in [3.05, 3.63) is 30.1 Å². The highest BCUT2D eigenvalue weighted by atomic mass is 32.2. The summed E-state index contributed by atoms with van der Waals surface area (Å²) in [6.45, 7) is 4.85. The average molecular weight is 493 g/mol. The van der Waals surface area contributed by atoms with Crippen LogP contribution < -0.4 is 5.32 Å². The van der Waals surface area contributed by atoms with Crippen LogP contribution in [0.5, 0.6) is 0 Å². The number of hydrogen-bond donors (Lipinski definition) is 1. The normalized spacial score (nSPS) is 17.3. The van der Waals surface area contributed by atoms with Crippen LogP contribution >= 0.6 is 11.8 Å². The van der Waals surface area contributed by atoms with Gasteiger partial charge in [-0.3, -0.25) is 4.98 Å². The molecule has 34 heavy (non-hydrogen) atoms. The van der Waals surface area contributed by atoms with Gasteiger partial charge in [-0.1, -0.05) is 96.5 Å². The lowest BCUT2D eigenvalue weighted by Crippen LogP contribution is -2.36. The van der Waals surface area contributed by atoms with Crippen molar-refractivity contribution in [2.24, 2.45) is 0 Å². The third-order valence-corrected chi connectivity index (χ3v) is 7.82. The number of ether oxygens (including phenoxy) is 2. The van der Waals surface area contributed by atoms with Gasteiger partial charge in [0.05, 0.1) is 18.8 Å². The van der Waals surface area contributed by atoms with Crippen molar-refractivity contribution in [3.63, 3.8) is 0 Å². The van der Waals surface area contributed by atoms with E-state index in [0.717, 1.165) is 25.3 Å². The molecule has 0 bridgehead atoms. The minimum absolute atomic E-state index is 0.372. The standard InChI is InChI=1S/C28H48N2O3S/c1-2-3-4-5-6-7-8-9-10-11-12-13-14-17-20-32-23-26-21-27(34-26)24-33-28(31)30-22-25-18-15-16-19-29-25/h15-16,18-19,26-27H,2-14,17,20-24H2,1H3,(H,30,31)/t26-,27-/m1/s1. The first-order chi connectivity index (χ1) is 16.8. The maximum atomic E-state index is 11.8. The zero-order valence-electron chi connectivity index (χ0n) is 21.5. The molecule has 1 fully saturated rings. The second-order valence-corrected chi connectivity index (χ2v) is 11.2. The number of alkyl carbamates (subject to hydrolysis) is 1. The predicted octanol–water partition coefficient (Wildman–Crippen LogP) is 7.68. The number of thioether (sulfide) groups is 1. The van der Waals surface area contributed by atoms with Crippen molar-refractivity contribution >= 4 is 17.9 Å². The number of amides is 1. The number of hydrogen-bond acceptors (Lipinski definition) is 5. The minimum atomic E-state index is -0.372. The third-order valence-electron chi connectivity index (χ3n) is 6.40. The van der Waals surface area contributed by atoms with Crippen molar-refractivity contribution in [1.29, 1.82) is 0 Å². The van der Waals surface area contributed by atoms with Gasteiger partial charge in [-0.25, -0.2) is 4.79 Å². The summed E-state index contributed by atoms with van der Waals surface area (Å²) in [7, 11) is 0. The summed E-state index contributed by atoms with van der Waals surface area (Å²) < 4.78 is 11.2. The van der Waals surface area contributed by atoms with Gasteiger partial charge in [0.1, 0.15) is 6.61 Å². The summed E-state index contributed by atoms with van der Waals surface area (Å²) in [4.78, 5) is 16.0. The van der Waals surface area contributed by atoms with Crippen LogP contribution in [0.4, 0.5) is 4.79 Å². The molecule has 1 aromatic rings. The molecule has 2 heterocycles. The molecule has 0 aromatic carbocycles. The van der Waals surface area contributed by atoms with Crippen LogP contribution in [-0.2, 0) is 16.0 Å². The lowest BCUT2D eigenvalue weighted by molar-refractivity contribution is 0.119. The molecule has 1 saturated heterocycles. The quantitative estimate of drug-likeness (QED) is 0.178. The molecule has 1 aliphatic heterocycles. The number of unbranched alkanes of at least 4 members (excludes halogenated alkanes) is 13. The molecule has 1 aliphatic rings. The number of carbonyl (C=O) groups excluding carboxylic acids is 1. The molecule has 0 saturated carbocycles. The summed E-state index contributed by atoms with van der Waals surface area (Å²) in [5.41, 5.74) is 0.827. The molecular weight excluding hydrogens is 444 g/mol. The number of aromatic nitrogens is 1. The Kier molecular flexibility index (Phi) is 17.0. The molecule has 1 amide bonds. The van der Waals surface area contributed by atoms with E-state index in [2.05, 4.69) is 17.2 Å². The van der Waals surface area contributed by atoms with Gasteiger partial charge < -0.3 is 14.8 Å². The minimum Gasteiger partial charge on any atom is -0.448 e. The Bertz CT molecular complexity index is 611. The molecule has 0 spiro atoms. The molecule has 1 aromatic heterocycles. The number of nitrogens with one attached hydrogen (secondary N) is 1. The Hall–Kier alpha value is -1.27. The lowest BCUT2D eigenvalue weighted by Gasteiger charge is -2.34. The van der Waals surface area contributed by atoms with E-state index in [9.17, 15) is 4.79 Å². The summed E-state index contributed by atoms with van der Waals surface area (Å²) >= 11 is 1.88. The zero-order chi connectivity index (χ0) is 24.1. The van der Waals surface area contributed by atoms with Crippen molar-refractivity contribution in [2.45, 2.75) is 120 Å². The third kappa shape index (κ3) is 14.9. The highest BCUT2D eigenvalue weighted by Gasteiger charge is 2.30. The Balaban J connectivity index is 1.27. The fraction of sp³-hybridized carbons (Fsp3) is 0.786. The summed E-state index contributed by atoms with van der Waals surface area (Å²) in [5, 5.41) is 3.69. The van der Waals surface area contributed by atoms with Crippen molar-refractivity contribution in [3.8, 4) is 0 Å². The molecule has 0 aliphatic carbocycles. The van der Waals surface area contributed by atoms with E-state index in [-0.39, 0.29) is 6.09 Å². The summed E-state index contributed by atoms with van der Waals surface area (Å²) in [6, 6.07) is 5.64. The van der Waals surface area contributed by atoms with E-state index in [4.69, 9.17) is 9.47 Å². The summed E-state index contributed by atoms with van der Waals surface area (Å²) in [5.74, 6) is 0. The van der Waals surface area contributed by atoms with Gasteiger partial charge in [-0.15, -0.1) is 11.8 Å². The van der Waals surface area contributed by atoms with E-state index in [1.54, 1.807) is 6.20 Å². The monoisotopic (exact) mass is 492 g/mol. The molecule has 2 rings (SSSR count). The number of rotatable bonds is 21. The fourth-order valence-corrected chi connectivity index (χ4v) is 5.46. The van der Waals surface area contributed by atoms with Crippen molar-refractivity contribution < 1.29 is 14.3 Å². The van der Waals surface area contributed by atoms with Crippen LogP contribution in [0.3, 0.4) is 0 Å². The molecule has 194 valence electrons. The van der Waals surface area contributed by atoms with Gasteiger partial charge in [0.2, 0.25) is 0 Å². The van der Waals surface area contributed by atoms with E-state index in [1.807, 2.05) is 30.0 Å². The van der Waals surface area contributed by atoms with E-state index in [0.29, 0.717) is 23.7 Å². The van der Waals surface area contributed by atoms with Crippen LogP contribution in [0.1, 0.15) is 109 Å². The van der Waals surface area contributed by atoms with E-state index >= 15 is 0 Å². The van der Waals surface area contributed by atoms with Crippen molar-refractivity contribution in [1.82, 2.24) is 10.3 Å². The van der Waals surface area contributed by atoms with E-state index < -0.39 is 0 Å². The van der Waals surface area contributed by atoms with Crippen LogP contribution in [0, 0.1) is 0 Å². The Labute approximate surface area is 212 Å². The Morgan fingerprint density at radius 1 is 0.912 bits per heavy atom. The predicted molar refractivity (Wildman–Crippen MR) is 143 cm³/mol. The second kappa shape index (κ2) is 20.0. The van der Waals surface area contributed by atoms with Gasteiger partial charge in [0.25, 0.3) is 0 Å². The fourth-order valence-electron chi connectivity index (χ4n) is 4.27. The van der Waals surface area contributed by atoms with Crippen LogP contribution in [0.15, 0.2) is 24.4 Å². The van der Waals surface area contributed by atoms with Gasteiger partial charge in [0, 0.05) is 23.3 Å². The topological polar surface area (TPSA) is 60.5 Å². The first-order valence-corrected chi connectivity index (χ1v) is 14.8. The Morgan fingerprint density at radius 3 is 2.09 bits per heavy atom. The highest BCUT2D eigenvalue weighted by molar-refractivity contribution is 8.01. The van der Waals surface area contributed by atoms with Crippen molar-refractivity contribution in [2.75, 3.05) is 19.8 Å². The van der Waals surface area contributed by atoms with Crippen LogP contribution in [-0.4, -0.2) is 41.4 Å². The van der Waals surface area contributed by atoms with Gasteiger partial charge >= 0.3 is 6.09 Å². The molecule has 1 N–H and O–H groups in total. The molecule has 2 atom stereocenters. The molecule has 0 radical (unpaired) electrons. The van der Waals surface area contributed by atoms with E-state index in [1.165, 1.54) is 89.9 Å². The van der Waals surface area contributed by atoms with Gasteiger partial charge in [-0.2, -0.15) is 0 Å². The van der Waals surface area contributed by atoms with Crippen LogP contribution in [0.25, 0.3) is 0 Å². The maximum absolute atomic E-state index is 11.8. The maximum Gasteiger partial charge on any atom is 0.407 e. The number of pyridine rings is 1. The molecule has 5 nitrogen and oxygen atoms in total. The highest BCUT2D eigenvalue weighted by Crippen LogP contribution is 2.36. The molecule has 0 unspecified atom stereocenters. The van der Waals surface area contributed by atoms with Gasteiger partial charge in [-0.05, 0) is 25.0 Å². The second-order valence-electron chi connectivity index (χ2n) is 9.56. The molecule has 6 heteroatoms. The number of nitrogens with zero attached hydrogens (tertiary/aromatic N) is 1.